The highest BCUT2D eigenvalue weighted by Crippen LogP contribution is 2.33. The first-order valence-corrected chi connectivity index (χ1v) is 17.1. The molecule has 6 rings (SSSR count). The lowest BCUT2D eigenvalue weighted by Crippen LogP contribution is -2.31. The number of aromatic nitrogens is 3. The van der Waals surface area contributed by atoms with Gasteiger partial charge in [0.2, 0.25) is 4.80 Å². The van der Waals surface area contributed by atoms with Crippen LogP contribution in [0.4, 0.5) is 15.8 Å². The summed E-state index contributed by atoms with van der Waals surface area (Å²) < 4.78 is 28.8. The number of carbonyl (C=O) groups is 2. The fraction of sp³-hybridized carbons (Fsp3) is 0.258. The molecule has 0 saturated heterocycles. The zero-order valence-electron chi connectivity index (χ0n) is 24.9. The van der Waals surface area contributed by atoms with E-state index in [1.807, 2.05) is 54.6 Å². The molecule has 1 aliphatic heterocycles. The van der Waals surface area contributed by atoms with Crippen molar-refractivity contribution in [2.75, 3.05) is 31.4 Å². The van der Waals surface area contributed by atoms with Gasteiger partial charge in [0.15, 0.2) is 6.61 Å². The number of esters is 1. The predicted molar refractivity (Wildman–Crippen MR) is 180 cm³/mol. The highest BCUT2D eigenvalue weighted by Gasteiger charge is 2.16. The normalized spacial score (nSPS) is 12.7. The Morgan fingerprint density at radius 3 is 2.52 bits per heavy atom. The van der Waals surface area contributed by atoms with Crippen LogP contribution in [0.5, 0.6) is 5.19 Å². The number of benzene rings is 3. The van der Waals surface area contributed by atoms with Crippen molar-refractivity contribution in [3.63, 3.8) is 0 Å². The summed E-state index contributed by atoms with van der Waals surface area (Å²) in [4.78, 5) is 46.5. The zero-order valence-corrected chi connectivity index (χ0v) is 28.1. The van der Waals surface area contributed by atoms with Gasteiger partial charge in [-0.3, -0.25) is 19.1 Å². The molecule has 2 aromatic heterocycles. The molecule has 0 aliphatic carbocycles. The molecule has 0 spiro atoms. The Kier molecular flexibility index (Phi) is 11.3. The van der Waals surface area contributed by atoms with Gasteiger partial charge in [-0.2, -0.15) is 0 Å². The van der Waals surface area contributed by atoms with E-state index in [9.17, 15) is 18.8 Å². The first-order valence-electron chi connectivity index (χ1n) is 14.1. The summed E-state index contributed by atoms with van der Waals surface area (Å²) in [7, 11) is 3.03. The zero-order chi connectivity index (χ0) is 32.6. The number of ether oxygens (including phenoxy) is 2. The van der Waals surface area contributed by atoms with Crippen LogP contribution < -0.4 is 19.3 Å². The number of likely N-dealkylation sites (N-methyl/N-ethyl adjacent to an activating group) is 1. The summed E-state index contributed by atoms with van der Waals surface area (Å²) in [5.41, 5.74) is 1.82. The van der Waals surface area contributed by atoms with Crippen molar-refractivity contribution in [1.29, 1.82) is 0 Å². The monoisotopic (exact) mass is 701 g/mol. The summed E-state index contributed by atoms with van der Waals surface area (Å²) >= 11 is 9.61. The number of thiazole rings is 1. The molecule has 0 saturated carbocycles. The van der Waals surface area contributed by atoms with Gasteiger partial charge in [0.25, 0.3) is 11.1 Å². The van der Waals surface area contributed by atoms with Crippen LogP contribution >= 0.6 is 46.0 Å². The van der Waals surface area contributed by atoms with Gasteiger partial charge in [0, 0.05) is 30.7 Å². The molecule has 10 nitrogen and oxygen atoms in total. The van der Waals surface area contributed by atoms with Gasteiger partial charge in [0.05, 0.1) is 28.1 Å². The summed E-state index contributed by atoms with van der Waals surface area (Å²) in [6, 6.07) is 19.9. The Hall–Kier alpha value is -3.98. The fourth-order valence-corrected chi connectivity index (χ4v) is 7.16. The molecule has 240 valence electrons. The molecule has 3 heterocycles. The van der Waals surface area contributed by atoms with Crippen LogP contribution in [-0.4, -0.2) is 52.7 Å². The summed E-state index contributed by atoms with van der Waals surface area (Å²) in [5.74, 6) is -1.03. The predicted octanol–water partition coefficient (Wildman–Crippen LogP) is 6.13. The average Bonchev–Trinajstić information content (AvgIpc) is 3.64. The highest BCUT2D eigenvalue weighted by atomic mass is 35.5. The van der Waals surface area contributed by atoms with Gasteiger partial charge in [-0.05, 0) is 60.6 Å². The molecule has 46 heavy (non-hydrogen) atoms. The van der Waals surface area contributed by atoms with Crippen LogP contribution in [-0.2, 0) is 27.4 Å². The SMILES string of the molecule is CN(C(=O)COc1nc2ccccc2s1)c1ccccc1.COC(=O)CSc1cc(/N=c2\sc(=O)n3n2CCCC3)c(F)cc1Cl. The molecule has 0 unspecified atom stereocenters. The van der Waals surface area contributed by atoms with E-state index in [1.165, 1.54) is 24.5 Å². The number of anilines is 1. The van der Waals surface area contributed by atoms with E-state index < -0.39 is 11.8 Å². The smallest absolute Gasteiger partial charge is 0.325 e. The number of fused-ring (bicyclic) bond motifs is 2. The number of thioether (sulfide) groups is 1. The quantitative estimate of drug-likeness (QED) is 0.141. The number of halogens is 2. The van der Waals surface area contributed by atoms with E-state index in [4.69, 9.17) is 16.3 Å². The number of methoxy groups -OCH3 is 1. The molecule has 0 bridgehead atoms. The van der Waals surface area contributed by atoms with E-state index in [1.54, 1.807) is 21.3 Å². The van der Waals surface area contributed by atoms with E-state index in [0.29, 0.717) is 28.0 Å². The molecule has 0 radical (unpaired) electrons. The third-order valence-corrected chi connectivity index (χ3v) is 10.1. The molecule has 3 aromatic carbocycles. The second kappa shape index (κ2) is 15.5. The van der Waals surface area contributed by atoms with Crippen molar-refractivity contribution in [3.8, 4) is 5.19 Å². The minimum atomic E-state index is -0.580. The maximum absolute atomic E-state index is 14.3. The number of carbonyl (C=O) groups excluding carboxylic acids is 2. The van der Waals surface area contributed by atoms with E-state index >= 15 is 0 Å². The molecule has 0 atom stereocenters. The van der Waals surface area contributed by atoms with E-state index in [2.05, 4.69) is 14.7 Å². The Morgan fingerprint density at radius 1 is 1.07 bits per heavy atom. The van der Waals surface area contributed by atoms with Crippen LogP contribution in [0.2, 0.25) is 5.02 Å². The fourth-order valence-electron chi connectivity index (χ4n) is 4.36. The lowest BCUT2D eigenvalue weighted by molar-refractivity contribution is -0.137. The Balaban J connectivity index is 0.000000184. The van der Waals surface area contributed by atoms with Gasteiger partial charge in [0.1, 0.15) is 11.5 Å². The van der Waals surface area contributed by atoms with Crippen LogP contribution in [0.1, 0.15) is 12.8 Å². The minimum absolute atomic E-state index is 0.0226. The van der Waals surface area contributed by atoms with Gasteiger partial charge < -0.3 is 14.4 Å². The third kappa shape index (κ3) is 8.23. The summed E-state index contributed by atoms with van der Waals surface area (Å²) in [5, 5.41) is 0.719. The largest absolute Gasteiger partial charge is 0.468 e. The molecule has 15 heteroatoms. The summed E-state index contributed by atoms with van der Waals surface area (Å²) in [6.45, 7) is 1.30. The van der Waals surface area contributed by atoms with Crippen molar-refractivity contribution >= 4 is 79.5 Å². The third-order valence-electron chi connectivity index (χ3n) is 6.79. The molecular weight excluding hydrogens is 673 g/mol. The summed E-state index contributed by atoms with van der Waals surface area (Å²) in [6.07, 6.45) is 1.90. The number of rotatable bonds is 8. The van der Waals surface area contributed by atoms with Crippen LogP contribution in [0.15, 0.2) is 81.4 Å². The highest BCUT2D eigenvalue weighted by molar-refractivity contribution is 8.00. The number of nitrogens with zero attached hydrogens (tertiary/aromatic N) is 5. The standard InChI is InChI=1S/C16H14N2O2S.C15H15ClFN3O3S2/c1-18(12-7-3-2-4-8-12)15(19)11-20-16-17-13-9-5-6-10-14(13)21-16;1-23-13(21)8-24-12-7-11(10(17)6-9(12)16)18-14-19-4-2-3-5-20(19)15(22)25-14/h2-10H,11H2,1H3;6-7H,2-5,8H2,1H3/b;18-14-. The minimum Gasteiger partial charge on any atom is -0.468 e. The average molecular weight is 702 g/mol. The van der Waals surface area contributed by atoms with Crippen molar-refractivity contribution in [3.05, 3.63) is 92.0 Å². The lowest BCUT2D eigenvalue weighted by atomic mass is 10.3. The van der Waals surface area contributed by atoms with Crippen LogP contribution in [0.3, 0.4) is 0 Å². The first-order chi connectivity index (χ1) is 22.2. The van der Waals surface area contributed by atoms with Crippen molar-refractivity contribution in [1.82, 2.24) is 14.3 Å². The number of amides is 1. The van der Waals surface area contributed by atoms with Crippen molar-refractivity contribution in [2.45, 2.75) is 30.8 Å². The Labute approximate surface area is 280 Å². The van der Waals surface area contributed by atoms with E-state index in [-0.39, 0.29) is 33.8 Å². The lowest BCUT2D eigenvalue weighted by Gasteiger charge is -2.16. The first kappa shape index (κ1) is 33.4. The van der Waals surface area contributed by atoms with Crippen molar-refractivity contribution in [2.24, 2.45) is 4.99 Å². The van der Waals surface area contributed by atoms with E-state index in [0.717, 1.165) is 57.9 Å². The Bertz CT molecular complexity index is 1940. The second-order valence-electron chi connectivity index (χ2n) is 9.84. The Morgan fingerprint density at radius 2 is 1.78 bits per heavy atom. The molecular formula is C31H29ClFN5O5S3. The number of hydrogen-bond donors (Lipinski definition) is 0. The second-order valence-corrected chi connectivity index (χ2v) is 13.2. The number of hydrogen-bond acceptors (Lipinski definition) is 10. The van der Waals surface area contributed by atoms with Gasteiger partial charge >= 0.3 is 10.8 Å². The molecule has 0 fully saturated rings. The molecule has 1 amide bonds. The van der Waals surface area contributed by atoms with Gasteiger partial charge in [-0.25, -0.2) is 19.0 Å². The van der Waals surface area contributed by atoms with Crippen molar-refractivity contribution < 1.29 is 23.5 Å². The van der Waals surface area contributed by atoms with Crippen LogP contribution in [0.25, 0.3) is 10.2 Å². The maximum atomic E-state index is 14.3. The molecule has 0 N–H and O–H groups in total. The van der Waals surface area contributed by atoms with Gasteiger partial charge in [-0.1, -0.05) is 53.3 Å². The van der Waals surface area contributed by atoms with Crippen LogP contribution in [0, 0.1) is 5.82 Å². The maximum Gasteiger partial charge on any atom is 0.325 e. The van der Waals surface area contributed by atoms with Gasteiger partial charge in [-0.15, -0.1) is 11.8 Å². The number of para-hydroxylation sites is 2. The topological polar surface area (TPSA) is 108 Å². The molecule has 1 aliphatic rings. The molecule has 5 aromatic rings.